The molecule has 1 heterocycles. The molecule has 1 atom stereocenters. The van der Waals surface area contributed by atoms with Crippen molar-refractivity contribution < 1.29 is 4.39 Å². The molecule has 0 aromatic heterocycles. The van der Waals surface area contributed by atoms with Crippen molar-refractivity contribution in [3.8, 4) is 6.07 Å². The first-order valence-electron chi connectivity index (χ1n) is 4.27. The molecule has 70 valence electrons. The minimum Gasteiger partial charge on any atom is -0.303 e. The van der Waals surface area contributed by atoms with Gasteiger partial charge in [-0.05, 0) is 23.8 Å². The van der Waals surface area contributed by atoms with E-state index in [1.165, 1.54) is 12.1 Å². The number of halogens is 1. The molecule has 0 unspecified atom stereocenters. The van der Waals surface area contributed by atoms with Crippen LogP contribution in [-0.2, 0) is 0 Å². The Labute approximate surface area is 80.9 Å². The Balaban J connectivity index is 2.34. The first-order valence-corrected chi connectivity index (χ1v) is 4.27. The van der Waals surface area contributed by atoms with E-state index in [4.69, 9.17) is 5.26 Å². The molecule has 0 bridgehead atoms. The fourth-order valence-corrected chi connectivity index (χ4v) is 1.44. The van der Waals surface area contributed by atoms with Crippen LogP contribution < -0.4 is 5.43 Å². The van der Waals surface area contributed by atoms with Crippen molar-refractivity contribution in [2.45, 2.75) is 12.5 Å². The number of rotatable bonds is 1. The van der Waals surface area contributed by atoms with Crippen molar-refractivity contribution in [1.82, 2.24) is 5.43 Å². The molecule has 1 aromatic rings. The van der Waals surface area contributed by atoms with Gasteiger partial charge in [0.1, 0.15) is 5.82 Å². The predicted molar refractivity (Wildman–Crippen MR) is 50.1 cm³/mol. The zero-order valence-electron chi connectivity index (χ0n) is 7.37. The van der Waals surface area contributed by atoms with Crippen LogP contribution in [0, 0.1) is 17.1 Å². The molecule has 2 rings (SSSR count). The standard InChI is InChI=1S/C10H8FN3/c11-9-4-7(6-12)3-8(5-9)10-1-2-13-14-10/h2-5,10,14H,1H2/t10-/m0/s1. The zero-order valence-corrected chi connectivity index (χ0v) is 7.37. The predicted octanol–water partition coefficient (Wildman–Crippen LogP) is 1.72. The smallest absolute Gasteiger partial charge is 0.124 e. The number of hydrogen-bond acceptors (Lipinski definition) is 3. The average molecular weight is 189 g/mol. The number of hydrazone groups is 1. The molecule has 0 fully saturated rings. The average Bonchev–Trinajstić information content (AvgIpc) is 2.69. The molecule has 1 aliphatic heterocycles. The van der Waals surface area contributed by atoms with Crippen LogP contribution in [0.15, 0.2) is 23.3 Å². The summed E-state index contributed by atoms with van der Waals surface area (Å²) in [4.78, 5) is 0. The van der Waals surface area contributed by atoms with Gasteiger partial charge in [-0.15, -0.1) is 0 Å². The van der Waals surface area contributed by atoms with Crippen molar-refractivity contribution >= 4 is 6.21 Å². The lowest BCUT2D eigenvalue weighted by atomic mass is 10.0. The van der Waals surface area contributed by atoms with Crippen molar-refractivity contribution in [2.75, 3.05) is 0 Å². The zero-order chi connectivity index (χ0) is 9.97. The Morgan fingerprint density at radius 2 is 2.36 bits per heavy atom. The summed E-state index contributed by atoms with van der Waals surface area (Å²) in [5, 5.41) is 12.5. The van der Waals surface area contributed by atoms with Gasteiger partial charge < -0.3 is 5.43 Å². The number of benzene rings is 1. The highest BCUT2D eigenvalue weighted by Gasteiger charge is 2.14. The van der Waals surface area contributed by atoms with Gasteiger partial charge >= 0.3 is 0 Å². The van der Waals surface area contributed by atoms with Gasteiger partial charge in [-0.25, -0.2) is 4.39 Å². The van der Waals surface area contributed by atoms with Crippen LogP contribution in [0.3, 0.4) is 0 Å². The summed E-state index contributed by atoms with van der Waals surface area (Å²) in [6.45, 7) is 0. The van der Waals surface area contributed by atoms with E-state index in [2.05, 4.69) is 10.5 Å². The van der Waals surface area contributed by atoms with Crippen LogP contribution in [0.5, 0.6) is 0 Å². The summed E-state index contributed by atoms with van der Waals surface area (Å²) < 4.78 is 13.0. The lowest BCUT2D eigenvalue weighted by Gasteiger charge is -2.09. The Morgan fingerprint density at radius 3 is 3.00 bits per heavy atom. The van der Waals surface area contributed by atoms with E-state index in [-0.39, 0.29) is 11.9 Å². The first kappa shape index (κ1) is 8.70. The molecule has 0 spiro atoms. The number of hydrogen-bond donors (Lipinski definition) is 1. The second kappa shape index (κ2) is 3.46. The van der Waals surface area contributed by atoms with Gasteiger partial charge in [0.2, 0.25) is 0 Å². The van der Waals surface area contributed by atoms with Gasteiger partial charge in [0, 0.05) is 12.6 Å². The lowest BCUT2D eigenvalue weighted by Crippen LogP contribution is -2.10. The second-order valence-electron chi connectivity index (χ2n) is 3.11. The van der Waals surface area contributed by atoms with Crippen LogP contribution in [0.2, 0.25) is 0 Å². The summed E-state index contributed by atoms with van der Waals surface area (Å²) in [7, 11) is 0. The van der Waals surface area contributed by atoms with Crippen molar-refractivity contribution in [3.05, 3.63) is 35.1 Å². The van der Waals surface area contributed by atoms with Crippen LogP contribution in [0.4, 0.5) is 4.39 Å². The Bertz CT molecular complexity index is 412. The molecule has 1 N–H and O–H groups in total. The molecule has 1 aliphatic rings. The molecule has 0 amide bonds. The molecule has 14 heavy (non-hydrogen) atoms. The fraction of sp³-hybridized carbons (Fsp3) is 0.200. The topological polar surface area (TPSA) is 48.2 Å². The number of nitrogens with zero attached hydrogens (tertiary/aromatic N) is 2. The van der Waals surface area contributed by atoms with E-state index >= 15 is 0 Å². The van der Waals surface area contributed by atoms with Crippen molar-refractivity contribution in [2.24, 2.45) is 5.10 Å². The molecular weight excluding hydrogens is 181 g/mol. The van der Waals surface area contributed by atoms with E-state index in [0.29, 0.717) is 5.56 Å². The molecule has 3 nitrogen and oxygen atoms in total. The summed E-state index contributed by atoms with van der Waals surface area (Å²) in [5.41, 5.74) is 3.95. The Kier molecular flexibility index (Phi) is 2.15. The third kappa shape index (κ3) is 1.57. The van der Waals surface area contributed by atoms with E-state index < -0.39 is 0 Å². The largest absolute Gasteiger partial charge is 0.303 e. The van der Waals surface area contributed by atoms with Crippen molar-refractivity contribution in [3.63, 3.8) is 0 Å². The maximum Gasteiger partial charge on any atom is 0.124 e. The fourth-order valence-electron chi connectivity index (χ4n) is 1.44. The van der Waals surface area contributed by atoms with Crippen LogP contribution in [0.25, 0.3) is 0 Å². The maximum atomic E-state index is 13.0. The third-order valence-corrected chi connectivity index (χ3v) is 2.11. The minimum absolute atomic E-state index is 0.00204. The monoisotopic (exact) mass is 189 g/mol. The summed E-state index contributed by atoms with van der Waals surface area (Å²) in [6, 6.07) is 6.24. The van der Waals surface area contributed by atoms with E-state index in [9.17, 15) is 4.39 Å². The third-order valence-electron chi connectivity index (χ3n) is 2.11. The highest BCUT2D eigenvalue weighted by atomic mass is 19.1. The van der Waals surface area contributed by atoms with Crippen molar-refractivity contribution in [1.29, 1.82) is 5.26 Å². The van der Waals surface area contributed by atoms with Gasteiger partial charge in [-0.1, -0.05) is 0 Å². The molecule has 0 saturated carbocycles. The van der Waals surface area contributed by atoms with Gasteiger partial charge in [0.15, 0.2) is 0 Å². The van der Waals surface area contributed by atoms with E-state index in [1.807, 2.05) is 6.07 Å². The summed E-state index contributed by atoms with van der Waals surface area (Å²) >= 11 is 0. The lowest BCUT2D eigenvalue weighted by molar-refractivity contribution is 0.595. The highest BCUT2D eigenvalue weighted by Crippen LogP contribution is 2.21. The van der Waals surface area contributed by atoms with Crippen LogP contribution in [0.1, 0.15) is 23.6 Å². The Hall–Kier alpha value is -1.89. The van der Waals surface area contributed by atoms with Gasteiger partial charge in [0.05, 0.1) is 17.7 Å². The molecule has 4 heteroatoms. The van der Waals surface area contributed by atoms with Gasteiger partial charge in [-0.3, -0.25) is 0 Å². The number of nitriles is 1. The molecule has 0 aliphatic carbocycles. The molecule has 0 radical (unpaired) electrons. The number of nitrogens with one attached hydrogen (secondary N) is 1. The first-order chi connectivity index (χ1) is 6.79. The summed E-state index contributed by atoms with van der Waals surface area (Å²) in [6.07, 6.45) is 2.47. The highest BCUT2D eigenvalue weighted by molar-refractivity contribution is 5.60. The molecule has 0 saturated heterocycles. The minimum atomic E-state index is -0.382. The molecule has 1 aromatic carbocycles. The van der Waals surface area contributed by atoms with Gasteiger partial charge in [-0.2, -0.15) is 10.4 Å². The quantitative estimate of drug-likeness (QED) is 0.731. The SMILES string of the molecule is N#Cc1cc(F)cc([C@@H]2CC=NN2)c1. The normalized spacial score (nSPS) is 19.0. The second-order valence-corrected chi connectivity index (χ2v) is 3.11. The van der Waals surface area contributed by atoms with Gasteiger partial charge in [0.25, 0.3) is 0 Å². The van der Waals surface area contributed by atoms with Crippen LogP contribution >= 0.6 is 0 Å². The maximum absolute atomic E-state index is 13.0. The van der Waals surface area contributed by atoms with E-state index in [0.717, 1.165) is 12.0 Å². The van der Waals surface area contributed by atoms with Crippen LogP contribution in [-0.4, -0.2) is 6.21 Å². The van der Waals surface area contributed by atoms with E-state index in [1.54, 1.807) is 12.3 Å². The summed E-state index contributed by atoms with van der Waals surface area (Å²) in [5.74, 6) is -0.382. The molecular formula is C10H8FN3. The Morgan fingerprint density at radius 1 is 1.50 bits per heavy atom.